The van der Waals surface area contributed by atoms with E-state index in [1.807, 2.05) is 27.7 Å². The van der Waals surface area contributed by atoms with Crippen LogP contribution >= 0.6 is 0 Å². The van der Waals surface area contributed by atoms with Crippen molar-refractivity contribution in [3.05, 3.63) is 11.1 Å². The first-order chi connectivity index (χ1) is 12.0. The Morgan fingerprint density at radius 1 is 1.12 bits per heavy atom. The second-order valence-electron chi connectivity index (χ2n) is 9.68. The van der Waals surface area contributed by atoms with E-state index < -0.39 is 47.0 Å². The number of hydrogen-bond acceptors (Lipinski definition) is 6. The van der Waals surface area contributed by atoms with Crippen molar-refractivity contribution in [3.63, 3.8) is 0 Å². The van der Waals surface area contributed by atoms with E-state index in [1.54, 1.807) is 0 Å². The van der Waals surface area contributed by atoms with Crippen LogP contribution in [0.5, 0.6) is 0 Å². The van der Waals surface area contributed by atoms with Crippen molar-refractivity contribution >= 4 is 0 Å². The van der Waals surface area contributed by atoms with Crippen LogP contribution in [0.4, 0.5) is 0 Å². The van der Waals surface area contributed by atoms with Gasteiger partial charge in [-0.25, -0.2) is 0 Å². The molecule has 0 aromatic rings. The molecule has 9 atom stereocenters. The average Bonchev–Trinajstić information content (AvgIpc) is 2.92. The molecule has 2 aliphatic heterocycles. The maximum absolute atomic E-state index is 11.4. The van der Waals surface area contributed by atoms with E-state index in [2.05, 4.69) is 0 Å². The lowest BCUT2D eigenvalue weighted by atomic mass is 9.52. The quantitative estimate of drug-likeness (QED) is 0.456. The predicted molar refractivity (Wildman–Crippen MR) is 93.8 cm³/mol. The van der Waals surface area contributed by atoms with Crippen molar-refractivity contribution in [2.75, 3.05) is 6.61 Å². The van der Waals surface area contributed by atoms with Gasteiger partial charge in [-0.2, -0.15) is 0 Å². The van der Waals surface area contributed by atoms with Crippen LogP contribution in [0.15, 0.2) is 11.1 Å². The van der Waals surface area contributed by atoms with Crippen molar-refractivity contribution < 1.29 is 30.3 Å². The minimum atomic E-state index is -1.72. The number of aliphatic hydroxyl groups excluding tert-OH is 4. The number of hydrogen-bond donors (Lipinski definition) is 5. The summed E-state index contributed by atoms with van der Waals surface area (Å²) in [5.74, 6) is -2.27. The van der Waals surface area contributed by atoms with Gasteiger partial charge in [0.05, 0.1) is 18.8 Å². The van der Waals surface area contributed by atoms with Gasteiger partial charge in [-0.3, -0.25) is 0 Å². The Bertz CT molecular complexity index is 646. The Labute approximate surface area is 154 Å². The van der Waals surface area contributed by atoms with Crippen molar-refractivity contribution in [2.45, 2.75) is 77.2 Å². The smallest absolute Gasteiger partial charge is 0.198 e. The third-order valence-electron chi connectivity index (χ3n) is 8.21. The zero-order valence-electron chi connectivity index (χ0n) is 16.0. The van der Waals surface area contributed by atoms with E-state index in [0.717, 1.165) is 11.1 Å². The van der Waals surface area contributed by atoms with E-state index in [0.29, 0.717) is 19.3 Å². The first kappa shape index (κ1) is 18.8. The zero-order valence-corrected chi connectivity index (χ0v) is 16.0. The summed E-state index contributed by atoms with van der Waals surface area (Å²) in [5.41, 5.74) is 0.649. The number of ether oxygens (including phenoxy) is 1. The first-order valence-electron chi connectivity index (χ1n) is 9.82. The highest BCUT2D eigenvalue weighted by atomic mass is 16.7. The minimum absolute atomic E-state index is 0.0764. The lowest BCUT2D eigenvalue weighted by molar-refractivity contribution is -0.328. The largest absolute Gasteiger partial charge is 0.396 e. The van der Waals surface area contributed by atoms with Crippen molar-refractivity contribution in [3.8, 4) is 0 Å². The molecule has 148 valence electrons. The van der Waals surface area contributed by atoms with Crippen molar-refractivity contribution in [2.24, 2.45) is 28.6 Å². The lowest BCUT2D eigenvalue weighted by Crippen LogP contribution is -2.62. The summed E-state index contributed by atoms with van der Waals surface area (Å²) in [6.45, 7) is 7.74. The maximum Gasteiger partial charge on any atom is 0.198 e. The molecule has 2 saturated heterocycles. The molecule has 5 N–H and O–H groups in total. The molecular formula is C20H32O6. The molecule has 2 aliphatic carbocycles. The molecule has 0 aromatic heterocycles. The van der Waals surface area contributed by atoms with Gasteiger partial charge in [0.1, 0.15) is 12.2 Å². The summed E-state index contributed by atoms with van der Waals surface area (Å²) in [4.78, 5) is 0. The minimum Gasteiger partial charge on any atom is -0.396 e. The van der Waals surface area contributed by atoms with E-state index in [4.69, 9.17) is 4.74 Å². The molecule has 3 fully saturated rings. The van der Waals surface area contributed by atoms with E-state index in [1.165, 1.54) is 0 Å². The number of aliphatic hydroxyl groups is 5. The fourth-order valence-corrected chi connectivity index (χ4v) is 6.55. The molecule has 1 saturated carbocycles. The Balaban J connectivity index is 1.89. The Morgan fingerprint density at radius 3 is 2.35 bits per heavy atom. The fourth-order valence-electron chi connectivity index (χ4n) is 6.55. The summed E-state index contributed by atoms with van der Waals surface area (Å²) in [7, 11) is 0. The second-order valence-corrected chi connectivity index (χ2v) is 9.68. The second kappa shape index (κ2) is 5.52. The van der Waals surface area contributed by atoms with Gasteiger partial charge < -0.3 is 30.3 Å². The van der Waals surface area contributed by atoms with Gasteiger partial charge >= 0.3 is 0 Å². The standard InChI is InChI=1S/C20H32O6/c1-9(2)13-14-11-7-12-10(8-21)16(23)20(25,26-12)19(11,4)6-5-18(14,3)17(24)15(13)22/h9-12,15-17,21-25H,5-8H2,1-4H3. The first-order valence-corrected chi connectivity index (χ1v) is 9.82. The fraction of sp³-hybridized carbons (Fsp3) is 0.900. The van der Waals surface area contributed by atoms with Crippen molar-refractivity contribution in [1.29, 1.82) is 0 Å². The summed E-state index contributed by atoms with van der Waals surface area (Å²) < 4.78 is 5.90. The van der Waals surface area contributed by atoms with Crippen LogP contribution in [0.1, 0.15) is 47.0 Å². The van der Waals surface area contributed by atoms with Gasteiger partial charge in [-0.15, -0.1) is 0 Å². The third kappa shape index (κ3) is 1.93. The van der Waals surface area contributed by atoms with E-state index in [9.17, 15) is 25.5 Å². The summed E-state index contributed by atoms with van der Waals surface area (Å²) >= 11 is 0. The van der Waals surface area contributed by atoms with Crippen LogP contribution in [0, 0.1) is 28.6 Å². The molecule has 6 heteroatoms. The van der Waals surface area contributed by atoms with Crippen LogP contribution in [0.3, 0.4) is 0 Å². The summed E-state index contributed by atoms with van der Waals surface area (Å²) in [5, 5.41) is 53.5. The highest BCUT2D eigenvalue weighted by molar-refractivity contribution is 5.42. The predicted octanol–water partition coefficient (Wildman–Crippen LogP) is 0.558. The molecule has 0 radical (unpaired) electrons. The average molecular weight is 368 g/mol. The molecule has 6 nitrogen and oxygen atoms in total. The Hall–Kier alpha value is -0.500. The van der Waals surface area contributed by atoms with Crippen LogP contribution < -0.4 is 0 Å². The van der Waals surface area contributed by atoms with Crippen molar-refractivity contribution in [1.82, 2.24) is 0 Å². The van der Waals surface area contributed by atoms with E-state index in [-0.39, 0.29) is 18.4 Å². The summed E-state index contributed by atoms with van der Waals surface area (Å²) in [6.07, 6.45) is -1.57. The Morgan fingerprint density at radius 2 is 1.77 bits per heavy atom. The van der Waals surface area contributed by atoms with Gasteiger partial charge in [0.15, 0.2) is 5.79 Å². The molecule has 2 heterocycles. The molecule has 0 spiro atoms. The Kier molecular flexibility index (Phi) is 4.00. The van der Waals surface area contributed by atoms with Gasteiger partial charge in [-0.1, -0.05) is 33.3 Å². The molecule has 4 rings (SSSR count). The maximum atomic E-state index is 11.4. The molecule has 2 bridgehead atoms. The number of fused-ring (bicyclic) bond motifs is 6. The van der Waals surface area contributed by atoms with Crippen LogP contribution in [-0.4, -0.2) is 62.3 Å². The van der Waals surface area contributed by atoms with Crippen LogP contribution in [-0.2, 0) is 4.74 Å². The molecule has 4 aliphatic rings. The molecular weight excluding hydrogens is 336 g/mol. The topological polar surface area (TPSA) is 110 Å². The summed E-state index contributed by atoms with van der Waals surface area (Å²) in [6, 6.07) is 0. The normalized spacial score (nSPS) is 56.1. The van der Waals surface area contributed by atoms with Gasteiger partial charge in [0.25, 0.3) is 0 Å². The zero-order chi connectivity index (χ0) is 19.2. The van der Waals surface area contributed by atoms with Crippen LogP contribution in [0.25, 0.3) is 0 Å². The SMILES string of the molecule is CC(C)C1=C2C3CC4OC(O)(C(O)C4CO)C3(C)CCC2(C)C(O)C1O. The third-order valence-corrected chi connectivity index (χ3v) is 8.21. The monoisotopic (exact) mass is 368 g/mol. The van der Waals surface area contributed by atoms with Gasteiger partial charge in [0.2, 0.25) is 0 Å². The van der Waals surface area contributed by atoms with E-state index >= 15 is 0 Å². The molecule has 0 aromatic carbocycles. The van der Waals surface area contributed by atoms with Crippen LogP contribution in [0.2, 0.25) is 0 Å². The van der Waals surface area contributed by atoms with Gasteiger partial charge in [0, 0.05) is 16.7 Å². The molecule has 26 heavy (non-hydrogen) atoms. The highest BCUT2D eigenvalue weighted by Crippen LogP contribution is 2.68. The molecule has 9 unspecified atom stereocenters. The molecule has 0 amide bonds. The number of rotatable bonds is 2. The van der Waals surface area contributed by atoms with Gasteiger partial charge in [-0.05, 0) is 36.7 Å². The highest BCUT2D eigenvalue weighted by Gasteiger charge is 2.72. The lowest BCUT2D eigenvalue weighted by Gasteiger charge is -2.58.